The van der Waals surface area contributed by atoms with Crippen LogP contribution in [-0.2, 0) is 9.53 Å². The Balaban J connectivity index is 2.01. The molecule has 1 saturated carbocycles. The maximum atomic E-state index is 12.3. The van der Waals surface area contributed by atoms with Gasteiger partial charge in [0.15, 0.2) is 0 Å². The molecule has 120 valence electrons. The fourth-order valence-electron chi connectivity index (χ4n) is 3.93. The van der Waals surface area contributed by atoms with Crippen molar-refractivity contribution in [2.45, 2.75) is 19.3 Å². The van der Waals surface area contributed by atoms with Gasteiger partial charge < -0.3 is 9.64 Å². The van der Waals surface area contributed by atoms with Crippen molar-refractivity contribution >= 4 is 17.5 Å². The summed E-state index contributed by atoms with van der Waals surface area (Å²) >= 11 is 0. The lowest BCUT2D eigenvalue weighted by atomic mass is 9.81. The molecule has 1 aromatic rings. The zero-order chi connectivity index (χ0) is 16.6. The molecule has 0 amide bonds. The molecule has 1 aromatic heterocycles. The number of methoxy groups -OCH3 is 1. The lowest BCUT2D eigenvalue weighted by Crippen LogP contribution is -2.37. The summed E-state index contributed by atoms with van der Waals surface area (Å²) in [6.45, 7) is 0.852. The fourth-order valence-corrected chi connectivity index (χ4v) is 3.93. The van der Waals surface area contributed by atoms with E-state index >= 15 is 0 Å². The van der Waals surface area contributed by atoms with Gasteiger partial charge in [-0.15, -0.1) is 0 Å². The number of nitrogens with zero attached hydrogens (tertiary/aromatic N) is 4. The summed E-state index contributed by atoms with van der Waals surface area (Å²) in [7, 11) is 1.37. The van der Waals surface area contributed by atoms with Crippen molar-refractivity contribution in [3.8, 4) is 6.07 Å². The Hall–Kier alpha value is -2.69. The number of hydrogen-bond donors (Lipinski definition) is 0. The lowest BCUT2D eigenvalue weighted by molar-refractivity contribution is -0.384. The van der Waals surface area contributed by atoms with E-state index in [1.54, 1.807) is 4.90 Å². The van der Waals surface area contributed by atoms with Crippen LogP contribution in [0, 0.1) is 32.8 Å². The second-order valence-corrected chi connectivity index (χ2v) is 6.02. The topological polar surface area (TPSA) is 109 Å². The van der Waals surface area contributed by atoms with Crippen LogP contribution in [0.5, 0.6) is 0 Å². The van der Waals surface area contributed by atoms with Crippen molar-refractivity contribution in [2.75, 3.05) is 25.1 Å². The number of aromatic nitrogens is 1. The van der Waals surface area contributed by atoms with E-state index in [1.807, 2.05) is 6.07 Å². The standard InChI is InChI=1S/C15H16N4O4/c1-23-14(20)15-5-2-3-11(15)8-18(9-15)13-12(19(21)22)10(7-16)4-6-17-13/h4,6,11H,2-3,5,8-9H2,1H3. The van der Waals surface area contributed by atoms with Crippen LogP contribution in [0.25, 0.3) is 0 Å². The Morgan fingerprint density at radius 2 is 2.43 bits per heavy atom. The number of nitriles is 1. The summed E-state index contributed by atoms with van der Waals surface area (Å²) in [6, 6.07) is 3.16. The van der Waals surface area contributed by atoms with Crippen molar-refractivity contribution in [2.24, 2.45) is 11.3 Å². The van der Waals surface area contributed by atoms with Crippen molar-refractivity contribution in [3.63, 3.8) is 0 Å². The molecule has 0 radical (unpaired) electrons. The molecular weight excluding hydrogens is 300 g/mol. The second kappa shape index (κ2) is 5.50. The Morgan fingerprint density at radius 1 is 1.65 bits per heavy atom. The van der Waals surface area contributed by atoms with E-state index in [0.717, 1.165) is 12.8 Å². The number of rotatable bonds is 3. The normalized spacial score (nSPS) is 25.7. The highest BCUT2D eigenvalue weighted by molar-refractivity contribution is 5.80. The van der Waals surface area contributed by atoms with Crippen LogP contribution in [0.15, 0.2) is 12.3 Å². The average Bonchev–Trinajstić information content (AvgIpc) is 3.11. The number of nitro groups is 1. The van der Waals surface area contributed by atoms with Crippen LogP contribution in [0.4, 0.5) is 11.5 Å². The van der Waals surface area contributed by atoms with E-state index in [9.17, 15) is 14.9 Å². The van der Waals surface area contributed by atoms with E-state index in [1.165, 1.54) is 19.4 Å². The summed E-state index contributed by atoms with van der Waals surface area (Å²) in [4.78, 5) is 28.9. The van der Waals surface area contributed by atoms with Gasteiger partial charge in [0.05, 0.1) is 17.4 Å². The van der Waals surface area contributed by atoms with Crippen molar-refractivity contribution in [1.82, 2.24) is 4.98 Å². The summed E-state index contributed by atoms with van der Waals surface area (Å²) in [5.41, 5.74) is -0.938. The number of pyridine rings is 1. The maximum absolute atomic E-state index is 12.3. The Morgan fingerprint density at radius 3 is 3.09 bits per heavy atom. The first-order chi connectivity index (χ1) is 11.0. The van der Waals surface area contributed by atoms with Gasteiger partial charge in [-0.05, 0) is 24.8 Å². The highest BCUT2D eigenvalue weighted by Gasteiger charge is 2.56. The third kappa shape index (κ3) is 2.20. The maximum Gasteiger partial charge on any atom is 0.329 e. The van der Waals surface area contributed by atoms with E-state index in [0.29, 0.717) is 19.5 Å². The molecule has 8 nitrogen and oxygen atoms in total. The monoisotopic (exact) mass is 316 g/mol. The summed E-state index contributed by atoms with van der Waals surface area (Å²) in [5.74, 6) is -0.00425. The first kappa shape index (κ1) is 15.2. The highest BCUT2D eigenvalue weighted by atomic mass is 16.6. The van der Waals surface area contributed by atoms with Gasteiger partial charge in [0.25, 0.3) is 0 Å². The van der Waals surface area contributed by atoms with Crippen LogP contribution in [0.2, 0.25) is 0 Å². The zero-order valence-electron chi connectivity index (χ0n) is 12.7. The molecule has 1 aliphatic carbocycles. The molecule has 8 heteroatoms. The van der Waals surface area contributed by atoms with Gasteiger partial charge in [-0.2, -0.15) is 5.26 Å². The van der Waals surface area contributed by atoms with E-state index < -0.39 is 10.3 Å². The number of ether oxygens (including phenoxy) is 1. The smallest absolute Gasteiger partial charge is 0.329 e. The minimum Gasteiger partial charge on any atom is -0.469 e. The lowest BCUT2D eigenvalue weighted by Gasteiger charge is -2.25. The predicted octanol–water partition coefficient (Wildman–Crippen LogP) is 1.64. The number of fused-ring (bicyclic) bond motifs is 1. The van der Waals surface area contributed by atoms with Gasteiger partial charge in [0, 0.05) is 19.3 Å². The molecule has 2 atom stereocenters. The average molecular weight is 316 g/mol. The number of carbonyl (C=O) groups is 1. The number of anilines is 1. The molecule has 23 heavy (non-hydrogen) atoms. The second-order valence-electron chi connectivity index (χ2n) is 6.02. The molecule has 1 saturated heterocycles. The van der Waals surface area contributed by atoms with Gasteiger partial charge in [0.2, 0.25) is 5.82 Å². The van der Waals surface area contributed by atoms with Crippen LogP contribution in [0.3, 0.4) is 0 Å². The van der Waals surface area contributed by atoms with Crippen LogP contribution >= 0.6 is 0 Å². The van der Waals surface area contributed by atoms with Crippen LogP contribution < -0.4 is 4.90 Å². The quantitative estimate of drug-likeness (QED) is 0.473. The molecule has 3 rings (SSSR count). The Kier molecular flexibility index (Phi) is 3.64. The van der Waals surface area contributed by atoms with Gasteiger partial charge in [-0.3, -0.25) is 14.9 Å². The van der Waals surface area contributed by atoms with Crippen LogP contribution in [-0.4, -0.2) is 36.1 Å². The molecule has 0 bridgehead atoms. The van der Waals surface area contributed by atoms with Crippen molar-refractivity contribution in [1.29, 1.82) is 5.26 Å². The summed E-state index contributed by atoms with van der Waals surface area (Å²) in [6.07, 6.45) is 3.94. The molecule has 1 aliphatic heterocycles. The Labute approximate surface area is 132 Å². The molecule has 2 unspecified atom stereocenters. The number of esters is 1. The first-order valence-corrected chi connectivity index (χ1v) is 7.40. The van der Waals surface area contributed by atoms with E-state index in [4.69, 9.17) is 10.00 Å². The molecule has 2 fully saturated rings. The molecule has 0 aromatic carbocycles. The third-order valence-electron chi connectivity index (χ3n) is 4.97. The molecule has 0 spiro atoms. The summed E-state index contributed by atoms with van der Waals surface area (Å²) in [5, 5.41) is 20.5. The third-order valence-corrected chi connectivity index (χ3v) is 4.97. The number of hydrogen-bond acceptors (Lipinski definition) is 7. The number of carbonyl (C=O) groups excluding carboxylic acids is 1. The minimum absolute atomic E-state index is 0.0239. The largest absolute Gasteiger partial charge is 0.469 e. The SMILES string of the molecule is COC(=O)C12CCCC1CN(c1nccc(C#N)c1[N+](=O)[O-])C2. The highest BCUT2D eigenvalue weighted by Crippen LogP contribution is 2.51. The fraction of sp³-hybridized carbons (Fsp3) is 0.533. The van der Waals surface area contributed by atoms with E-state index in [-0.39, 0.29) is 29.0 Å². The van der Waals surface area contributed by atoms with Gasteiger partial charge in [-0.1, -0.05) is 6.42 Å². The molecular formula is C15H16N4O4. The molecule has 0 N–H and O–H groups in total. The molecule has 2 heterocycles. The summed E-state index contributed by atoms with van der Waals surface area (Å²) < 4.78 is 4.97. The van der Waals surface area contributed by atoms with Crippen molar-refractivity contribution in [3.05, 3.63) is 27.9 Å². The van der Waals surface area contributed by atoms with Gasteiger partial charge >= 0.3 is 11.7 Å². The van der Waals surface area contributed by atoms with Crippen LogP contribution in [0.1, 0.15) is 24.8 Å². The van der Waals surface area contributed by atoms with Crippen molar-refractivity contribution < 1.29 is 14.5 Å². The predicted molar refractivity (Wildman–Crippen MR) is 79.6 cm³/mol. The van der Waals surface area contributed by atoms with Gasteiger partial charge in [-0.25, -0.2) is 4.98 Å². The molecule has 2 aliphatic rings. The minimum atomic E-state index is -0.618. The first-order valence-electron chi connectivity index (χ1n) is 7.40. The van der Waals surface area contributed by atoms with Gasteiger partial charge in [0.1, 0.15) is 11.6 Å². The van der Waals surface area contributed by atoms with E-state index in [2.05, 4.69) is 4.98 Å². The Bertz CT molecular complexity index is 714. The zero-order valence-corrected chi connectivity index (χ0v) is 12.7.